The van der Waals surface area contributed by atoms with Crippen molar-refractivity contribution in [2.24, 2.45) is 0 Å². The summed E-state index contributed by atoms with van der Waals surface area (Å²) < 4.78 is 0. The quantitative estimate of drug-likeness (QED) is 0.467. The zero-order valence-corrected chi connectivity index (χ0v) is 15.6. The smallest absolute Gasteiger partial charge is 0.338 e. The van der Waals surface area contributed by atoms with E-state index in [4.69, 9.17) is 51.5 Å². The number of para-hydroxylation sites is 2. The molecule has 0 saturated carbocycles. The van der Waals surface area contributed by atoms with Gasteiger partial charge in [0.1, 0.15) is 0 Å². The number of hydrogen-bond acceptors (Lipinski definition) is 3. The number of halogens is 4. The molecule has 0 radical (unpaired) electrons. The molecule has 138 valence electrons. The van der Waals surface area contributed by atoms with E-state index in [1.54, 1.807) is 0 Å². The number of benzene rings is 2. The number of carboxylic acids is 2. The van der Waals surface area contributed by atoms with Gasteiger partial charge in [0.05, 0.1) is 31.6 Å². The Hall–Kier alpha value is -2.03. The van der Waals surface area contributed by atoms with Crippen molar-refractivity contribution in [1.82, 2.24) is 4.98 Å². The van der Waals surface area contributed by atoms with E-state index < -0.39 is 33.1 Å². The highest BCUT2D eigenvalue weighted by Crippen LogP contribution is 2.41. The summed E-state index contributed by atoms with van der Waals surface area (Å²) >= 11 is 22.3. The molecular weight excluding hydrogens is 430 g/mol. The molecular formula is C15H10Cl4N2O5. The van der Waals surface area contributed by atoms with Crippen LogP contribution in [0, 0.1) is 0 Å². The SMILES string of the molecule is O.O=C([O-])c1c(Cl)c(Cl)c(Cl)c(Cl)c1C(=O)O.c1ccc2[nH+]c[nH]c2c1. The molecule has 2 aromatic carbocycles. The van der Waals surface area contributed by atoms with Crippen LogP contribution < -0.4 is 10.1 Å². The number of H-pyrrole nitrogens is 2. The third-order valence-corrected chi connectivity index (χ3v) is 4.87. The predicted molar refractivity (Wildman–Crippen MR) is 96.2 cm³/mol. The number of aromatic amines is 2. The second-order valence-electron chi connectivity index (χ2n) is 4.58. The van der Waals surface area contributed by atoms with Crippen LogP contribution in [0.3, 0.4) is 0 Å². The standard InChI is InChI=1S/C8H2Cl4O4.C7H6N2.H2O/c9-3-1(7(13)14)2(8(15)16)4(10)6(12)5(3)11;1-2-4-7-6(3-1)8-5-9-7;/h(H,13,14)(H,15,16);1-5H,(H,8,9);1H2. The van der Waals surface area contributed by atoms with Gasteiger partial charge in [0.15, 0.2) is 11.0 Å². The Kier molecular flexibility index (Phi) is 7.68. The zero-order valence-electron chi connectivity index (χ0n) is 12.6. The third-order valence-electron chi connectivity index (χ3n) is 3.07. The predicted octanol–water partition coefficient (Wildman–Crippen LogP) is 2.52. The minimum atomic E-state index is -1.80. The molecule has 0 bridgehead atoms. The van der Waals surface area contributed by atoms with Crippen LogP contribution in [0.15, 0.2) is 30.6 Å². The minimum Gasteiger partial charge on any atom is -0.545 e. The van der Waals surface area contributed by atoms with Crippen LogP contribution in [0.5, 0.6) is 0 Å². The third kappa shape index (κ3) is 4.38. The fourth-order valence-corrected chi connectivity index (χ4v) is 2.96. The average molecular weight is 440 g/mol. The van der Waals surface area contributed by atoms with Gasteiger partial charge in [-0.15, -0.1) is 0 Å². The van der Waals surface area contributed by atoms with Crippen molar-refractivity contribution in [2.75, 3.05) is 0 Å². The molecule has 3 rings (SSSR count). The number of carbonyl (C=O) groups excluding carboxylic acids is 1. The maximum Gasteiger partial charge on any atom is 0.338 e. The average Bonchev–Trinajstić information content (AvgIpc) is 3.04. The Morgan fingerprint density at radius 2 is 1.50 bits per heavy atom. The number of carbonyl (C=O) groups is 2. The Balaban J connectivity index is 0.000000284. The maximum atomic E-state index is 10.8. The van der Waals surface area contributed by atoms with E-state index >= 15 is 0 Å². The number of fused-ring (bicyclic) bond motifs is 1. The van der Waals surface area contributed by atoms with Gasteiger partial charge < -0.3 is 20.5 Å². The number of imidazole rings is 1. The number of carboxylic acid groups (broad SMARTS) is 2. The van der Waals surface area contributed by atoms with E-state index in [0.29, 0.717) is 0 Å². The fraction of sp³-hybridized carbons (Fsp3) is 0. The molecule has 5 N–H and O–H groups in total. The number of aromatic nitrogens is 2. The molecule has 11 heteroatoms. The molecule has 1 aromatic heterocycles. The van der Waals surface area contributed by atoms with Gasteiger partial charge in [0.2, 0.25) is 6.33 Å². The van der Waals surface area contributed by atoms with Gasteiger partial charge in [-0.25, -0.2) is 14.8 Å². The molecule has 0 aliphatic rings. The van der Waals surface area contributed by atoms with Crippen LogP contribution in [-0.4, -0.2) is 27.5 Å². The molecule has 3 aromatic rings. The summed E-state index contributed by atoms with van der Waals surface area (Å²) in [6.07, 6.45) is 1.82. The number of hydrogen-bond donors (Lipinski definition) is 2. The van der Waals surface area contributed by atoms with Crippen molar-refractivity contribution in [3.63, 3.8) is 0 Å². The summed E-state index contributed by atoms with van der Waals surface area (Å²) in [4.78, 5) is 27.7. The molecule has 0 aliphatic carbocycles. The summed E-state index contributed by atoms with van der Waals surface area (Å²) in [5.41, 5.74) is 0.754. The van der Waals surface area contributed by atoms with Crippen LogP contribution in [0.4, 0.5) is 0 Å². The first-order valence-electron chi connectivity index (χ1n) is 6.50. The molecule has 0 spiro atoms. The van der Waals surface area contributed by atoms with Crippen LogP contribution in [0.25, 0.3) is 11.0 Å². The zero-order chi connectivity index (χ0) is 18.7. The van der Waals surface area contributed by atoms with E-state index in [2.05, 4.69) is 9.97 Å². The van der Waals surface area contributed by atoms with E-state index in [-0.39, 0.29) is 15.5 Å². The van der Waals surface area contributed by atoms with E-state index in [1.807, 2.05) is 30.6 Å². The number of aromatic carboxylic acids is 2. The van der Waals surface area contributed by atoms with Crippen LogP contribution >= 0.6 is 46.4 Å². The fourth-order valence-electron chi connectivity index (χ4n) is 1.95. The Morgan fingerprint density at radius 3 is 2.00 bits per heavy atom. The summed E-state index contributed by atoms with van der Waals surface area (Å²) in [6, 6.07) is 8.08. The van der Waals surface area contributed by atoms with Crippen molar-refractivity contribution in [2.45, 2.75) is 0 Å². The lowest BCUT2D eigenvalue weighted by Crippen LogP contribution is -2.26. The monoisotopic (exact) mass is 438 g/mol. The molecule has 0 amide bonds. The van der Waals surface area contributed by atoms with Gasteiger partial charge in [0.25, 0.3) is 0 Å². The first-order valence-corrected chi connectivity index (χ1v) is 8.01. The lowest BCUT2D eigenvalue weighted by Gasteiger charge is -2.14. The lowest BCUT2D eigenvalue weighted by molar-refractivity contribution is -0.344. The summed E-state index contributed by atoms with van der Waals surface area (Å²) in [5, 5.41) is 17.9. The van der Waals surface area contributed by atoms with Gasteiger partial charge in [-0.05, 0) is 12.1 Å². The van der Waals surface area contributed by atoms with Gasteiger partial charge in [-0.2, -0.15) is 0 Å². The highest BCUT2D eigenvalue weighted by atomic mass is 35.5. The van der Waals surface area contributed by atoms with Gasteiger partial charge in [0, 0.05) is 5.56 Å². The molecule has 26 heavy (non-hydrogen) atoms. The second kappa shape index (κ2) is 9.07. The Bertz CT molecular complexity index is 899. The van der Waals surface area contributed by atoms with Gasteiger partial charge in [-0.1, -0.05) is 58.5 Å². The van der Waals surface area contributed by atoms with Crippen LogP contribution in [0.1, 0.15) is 20.7 Å². The first kappa shape index (κ1) is 22.0. The van der Waals surface area contributed by atoms with Crippen molar-refractivity contribution >= 4 is 69.4 Å². The Morgan fingerprint density at radius 1 is 0.962 bits per heavy atom. The van der Waals surface area contributed by atoms with Crippen molar-refractivity contribution in [3.8, 4) is 0 Å². The summed E-state index contributed by atoms with van der Waals surface area (Å²) in [5.74, 6) is -3.40. The Labute approximate surface area is 166 Å². The molecule has 1 heterocycles. The van der Waals surface area contributed by atoms with Crippen molar-refractivity contribution in [1.29, 1.82) is 0 Å². The van der Waals surface area contributed by atoms with E-state index in [1.165, 1.54) is 0 Å². The van der Waals surface area contributed by atoms with Crippen molar-refractivity contribution < 1.29 is 30.3 Å². The highest BCUT2D eigenvalue weighted by Gasteiger charge is 2.25. The second-order valence-corrected chi connectivity index (χ2v) is 6.09. The first-order chi connectivity index (χ1) is 11.8. The van der Waals surface area contributed by atoms with Gasteiger partial charge >= 0.3 is 5.97 Å². The van der Waals surface area contributed by atoms with Crippen LogP contribution in [0.2, 0.25) is 20.1 Å². The highest BCUT2D eigenvalue weighted by molar-refractivity contribution is 6.53. The molecule has 0 aliphatic heterocycles. The molecule has 0 atom stereocenters. The normalized spacial score (nSPS) is 9.85. The minimum absolute atomic E-state index is 0. The van der Waals surface area contributed by atoms with E-state index in [0.717, 1.165) is 11.0 Å². The maximum absolute atomic E-state index is 10.8. The lowest BCUT2D eigenvalue weighted by atomic mass is 10.1. The molecule has 7 nitrogen and oxygen atoms in total. The molecule has 0 unspecified atom stereocenters. The number of rotatable bonds is 2. The van der Waals surface area contributed by atoms with Gasteiger partial charge in [-0.3, -0.25) is 0 Å². The van der Waals surface area contributed by atoms with Crippen molar-refractivity contribution in [3.05, 3.63) is 61.8 Å². The van der Waals surface area contributed by atoms with Crippen LogP contribution in [-0.2, 0) is 0 Å². The summed E-state index contributed by atoms with van der Waals surface area (Å²) in [6.45, 7) is 0. The largest absolute Gasteiger partial charge is 0.545 e. The number of nitrogens with one attached hydrogen (secondary N) is 2. The topological polar surface area (TPSA) is 139 Å². The molecule has 0 fully saturated rings. The molecule has 0 saturated heterocycles. The van der Waals surface area contributed by atoms with E-state index in [9.17, 15) is 14.7 Å². The summed E-state index contributed by atoms with van der Waals surface area (Å²) in [7, 11) is 0.